The number of nitrogens with zero attached hydrogens (tertiary/aromatic N) is 3. The Kier molecular flexibility index (Phi) is 7.14. The number of hydrogen-bond donors (Lipinski definition) is 0. The largest absolute Gasteiger partial charge is 0.309 e. The molecular formula is C49H33N3. The van der Waals surface area contributed by atoms with Gasteiger partial charge < -0.3 is 9.47 Å². The van der Waals surface area contributed by atoms with Gasteiger partial charge in [-0.3, -0.25) is 0 Å². The van der Waals surface area contributed by atoms with Gasteiger partial charge in [-0.2, -0.15) is 0 Å². The van der Waals surface area contributed by atoms with Gasteiger partial charge in [0.25, 0.3) is 0 Å². The van der Waals surface area contributed by atoms with Crippen LogP contribution in [0.25, 0.3) is 72.6 Å². The smallest absolute Gasteiger partial charge is 0.0730 e. The van der Waals surface area contributed by atoms with Crippen LogP contribution in [0.4, 0.5) is 17.1 Å². The van der Waals surface area contributed by atoms with Crippen molar-refractivity contribution in [2.45, 2.75) is 0 Å². The van der Waals surface area contributed by atoms with E-state index in [-0.39, 0.29) is 0 Å². The Labute approximate surface area is 303 Å². The molecule has 0 fully saturated rings. The molecule has 52 heavy (non-hydrogen) atoms. The molecule has 7 aromatic carbocycles. The van der Waals surface area contributed by atoms with Crippen LogP contribution in [0.1, 0.15) is 0 Å². The molecule has 0 aliphatic carbocycles. The quantitative estimate of drug-likeness (QED) is 0.183. The lowest BCUT2D eigenvalue weighted by atomic mass is 9.96. The fourth-order valence-corrected chi connectivity index (χ4v) is 7.87. The summed E-state index contributed by atoms with van der Waals surface area (Å²) in [4.78, 5) is 7.67. The number of benzene rings is 7. The Hall–Kier alpha value is -6.97. The number of anilines is 3. The van der Waals surface area contributed by atoms with E-state index in [1.54, 1.807) is 0 Å². The van der Waals surface area contributed by atoms with Gasteiger partial charge in [0.15, 0.2) is 0 Å². The Morgan fingerprint density at radius 3 is 1.46 bits per heavy atom. The fourth-order valence-electron chi connectivity index (χ4n) is 7.87. The van der Waals surface area contributed by atoms with Crippen molar-refractivity contribution in [3.63, 3.8) is 0 Å². The molecule has 0 bridgehead atoms. The monoisotopic (exact) mass is 663 g/mol. The number of hydrogen-bond acceptors (Lipinski definition) is 2. The molecule has 3 heterocycles. The highest BCUT2D eigenvalue weighted by Crippen LogP contribution is 2.55. The summed E-state index contributed by atoms with van der Waals surface area (Å²) in [5.74, 6) is 0. The molecule has 0 radical (unpaired) electrons. The zero-order chi connectivity index (χ0) is 34.4. The highest BCUT2D eigenvalue weighted by molar-refractivity contribution is 6.15. The second-order valence-electron chi connectivity index (χ2n) is 13.2. The van der Waals surface area contributed by atoms with Gasteiger partial charge in [0.1, 0.15) is 0 Å². The van der Waals surface area contributed by atoms with Gasteiger partial charge in [-0.05, 0) is 42.0 Å². The van der Waals surface area contributed by atoms with Crippen molar-refractivity contribution in [2.24, 2.45) is 0 Å². The molecule has 10 rings (SSSR count). The van der Waals surface area contributed by atoms with Crippen LogP contribution in [0.15, 0.2) is 200 Å². The normalized spacial score (nSPS) is 11.8. The molecular weight excluding hydrogens is 631 g/mol. The van der Waals surface area contributed by atoms with Crippen LogP contribution < -0.4 is 4.90 Å². The molecule has 9 aromatic rings. The van der Waals surface area contributed by atoms with Gasteiger partial charge in [-0.25, -0.2) is 4.98 Å². The van der Waals surface area contributed by atoms with E-state index in [1.807, 2.05) is 0 Å². The molecule has 0 spiro atoms. The highest BCUT2D eigenvalue weighted by atomic mass is 15.2. The van der Waals surface area contributed by atoms with Gasteiger partial charge in [0.05, 0.1) is 39.7 Å². The number of aromatic nitrogens is 2. The maximum absolute atomic E-state index is 5.24. The van der Waals surface area contributed by atoms with E-state index in [2.05, 4.69) is 210 Å². The standard InChI is InChI=1S/C49H33N3/c1-5-18-34(19-6-1)39-28-17-29-42-47-40-26-13-15-30-45(40)51(46-31-16-14-27-41(46)49(47)52(48(39)42)37-24-11-4-12-25-37)38-32-43(35-20-7-2-8-21-35)50-44(33-38)36-22-9-3-10-23-36/h1-33H. The van der Waals surface area contributed by atoms with E-state index in [0.717, 1.165) is 50.8 Å². The Bertz CT molecular complexity index is 2660. The summed E-state index contributed by atoms with van der Waals surface area (Å²) in [6.45, 7) is 0. The maximum atomic E-state index is 5.24. The summed E-state index contributed by atoms with van der Waals surface area (Å²) >= 11 is 0. The number of rotatable bonds is 5. The summed E-state index contributed by atoms with van der Waals surface area (Å²) in [5.41, 5.74) is 16.8. The lowest BCUT2D eigenvalue weighted by molar-refractivity contribution is 1.13. The van der Waals surface area contributed by atoms with E-state index in [4.69, 9.17) is 4.98 Å². The van der Waals surface area contributed by atoms with E-state index in [9.17, 15) is 0 Å². The second kappa shape index (κ2) is 12.4. The summed E-state index contributed by atoms with van der Waals surface area (Å²) in [5, 5.41) is 1.22. The molecule has 0 atom stereocenters. The average molecular weight is 664 g/mol. The Morgan fingerprint density at radius 1 is 0.365 bits per heavy atom. The maximum Gasteiger partial charge on any atom is 0.0730 e. The van der Waals surface area contributed by atoms with Crippen molar-refractivity contribution in [1.82, 2.24) is 9.55 Å². The van der Waals surface area contributed by atoms with Gasteiger partial charge >= 0.3 is 0 Å². The van der Waals surface area contributed by atoms with Gasteiger partial charge in [0, 0.05) is 44.5 Å². The van der Waals surface area contributed by atoms with Crippen molar-refractivity contribution in [3.8, 4) is 61.7 Å². The van der Waals surface area contributed by atoms with Crippen LogP contribution >= 0.6 is 0 Å². The number of pyridine rings is 1. The number of para-hydroxylation sites is 4. The Morgan fingerprint density at radius 2 is 0.846 bits per heavy atom. The molecule has 0 N–H and O–H groups in total. The van der Waals surface area contributed by atoms with E-state index >= 15 is 0 Å². The molecule has 3 heteroatoms. The fraction of sp³-hybridized carbons (Fsp3) is 0. The minimum absolute atomic E-state index is 0.931. The van der Waals surface area contributed by atoms with Crippen molar-refractivity contribution in [2.75, 3.05) is 4.90 Å². The van der Waals surface area contributed by atoms with Crippen LogP contribution in [0, 0.1) is 0 Å². The molecule has 0 saturated carbocycles. The lowest BCUT2D eigenvalue weighted by Crippen LogP contribution is -2.12. The third-order valence-electron chi connectivity index (χ3n) is 10.1. The molecule has 0 saturated heterocycles. The predicted molar refractivity (Wildman–Crippen MR) is 216 cm³/mol. The first-order chi connectivity index (χ1) is 25.8. The molecule has 0 amide bonds. The van der Waals surface area contributed by atoms with E-state index in [0.29, 0.717) is 0 Å². The molecule has 0 unspecified atom stereocenters. The van der Waals surface area contributed by atoms with Gasteiger partial charge in [0.2, 0.25) is 0 Å². The third kappa shape index (κ3) is 4.86. The molecule has 3 nitrogen and oxygen atoms in total. The molecule has 244 valence electrons. The number of fused-ring (bicyclic) bond motifs is 7. The summed E-state index contributed by atoms with van der Waals surface area (Å²) < 4.78 is 2.49. The summed E-state index contributed by atoms with van der Waals surface area (Å²) in [6, 6.07) is 71.5. The van der Waals surface area contributed by atoms with Gasteiger partial charge in [-0.15, -0.1) is 0 Å². The third-order valence-corrected chi connectivity index (χ3v) is 10.1. The zero-order valence-electron chi connectivity index (χ0n) is 28.4. The topological polar surface area (TPSA) is 21.1 Å². The minimum Gasteiger partial charge on any atom is -0.309 e. The lowest BCUT2D eigenvalue weighted by Gasteiger charge is -2.28. The van der Waals surface area contributed by atoms with Gasteiger partial charge in [-0.1, -0.05) is 164 Å². The Balaban J connectivity index is 1.32. The minimum atomic E-state index is 0.931. The van der Waals surface area contributed by atoms with Crippen LogP contribution in [0.3, 0.4) is 0 Å². The summed E-state index contributed by atoms with van der Waals surface area (Å²) in [6.07, 6.45) is 0. The zero-order valence-corrected chi connectivity index (χ0v) is 28.4. The van der Waals surface area contributed by atoms with Crippen molar-refractivity contribution in [1.29, 1.82) is 0 Å². The van der Waals surface area contributed by atoms with Crippen molar-refractivity contribution in [3.05, 3.63) is 200 Å². The van der Waals surface area contributed by atoms with Crippen molar-refractivity contribution >= 4 is 28.0 Å². The van der Waals surface area contributed by atoms with Crippen LogP contribution in [-0.2, 0) is 0 Å². The molecule has 2 aromatic heterocycles. The average Bonchev–Trinajstić information content (AvgIpc) is 3.51. The first-order valence-corrected chi connectivity index (χ1v) is 17.7. The molecule has 1 aliphatic heterocycles. The van der Waals surface area contributed by atoms with Crippen LogP contribution in [0.5, 0.6) is 0 Å². The van der Waals surface area contributed by atoms with E-state index < -0.39 is 0 Å². The van der Waals surface area contributed by atoms with Crippen LogP contribution in [-0.4, -0.2) is 9.55 Å². The first-order valence-electron chi connectivity index (χ1n) is 17.7. The van der Waals surface area contributed by atoms with Crippen LogP contribution in [0.2, 0.25) is 0 Å². The SMILES string of the molecule is c1ccc(-c2cc(N3c4ccccc4-c4c(n(-c5ccccc5)c5c(-c6ccccc6)cccc45)-c4ccccc43)cc(-c3ccccc3)n2)cc1. The highest BCUT2D eigenvalue weighted by Gasteiger charge is 2.32. The predicted octanol–water partition coefficient (Wildman–Crippen LogP) is 13.1. The second-order valence-corrected chi connectivity index (χ2v) is 13.2. The molecule has 1 aliphatic rings. The van der Waals surface area contributed by atoms with Crippen molar-refractivity contribution < 1.29 is 0 Å². The van der Waals surface area contributed by atoms with E-state index in [1.165, 1.54) is 38.9 Å². The summed E-state index contributed by atoms with van der Waals surface area (Å²) in [7, 11) is 0. The first kappa shape index (κ1) is 29.9.